The van der Waals surface area contributed by atoms with Gasteiger partial charge in [-0.15, -0.1) is 0 Å². The average Bonchev–Trinajstić information content (AvgIpc) is 2.03. The second-order valence-corrected chi connectivity index (χ2v) is 4.65. The first-order valence-corrected chi connectivity index (χ1v) is 5.48. The fourth-order valence-corrected chi connectivity index (χ4v) is 2.00. The van der Waals surface area contributed by atoms with Crippen molar-refractivity contribution in [3.05, 3.63) is 0 Å². The number of nitrogens with one attached hydrogen (secondary N) is 1. The van der Waals surface area contributed by atoms with E-state index >= 15 is 0 Å². The first kappa shape index (κ1) is 9.91. The SMILES string of the molecule is CN(C1CCNCC1)S(N)(=O)=O. The van der Waals surface area contributed by atoms with Gasteiger partial charge in [-0.25, -0.2) is 5.14 Å². The fourth-order valence-electron chi connectivity index (χ4n) is 1.38. The third kappa shape index (κ3) is 2.41. The summed E-state index contributed by atoms with van der Waals surface area (Å²) in [5.41, 5.74) is 0. The minimum absolute atomic E-state index is 0.0706. The van der Waals surface area contributed by atoms with Crippen molar-refractivity contribution < 1.29 is 8.42 Å². The summed E-state index contributed by atoms with van der Waals surface area (Å²) in [6, 6.07) is 0.0706. The Bertz CT molecular complexity index is 233. The molecular weight excluding hydrogens is 178 g/mol. The number of nitrogens with two attached hydrogens (primary N) is 1. The lowest BCUT2D eigenvalue weighted by atomic mass is 10.1. The normalized spacial score (nSPS) is 21.6. The first-order chi connectivity index (χ1) is 5.52. The van der Waals surface area contributed by atoms with Gasteiger partial charge in [0.25, 0.3) is 10.2 Å². The minimum atomic E-state index is -3.50. The van der Waals surface area contributed by atoms with Crippen molar-refractivity contribution in [1.82, 2.24) is 9.62 Å². The minimum Gasteiger partial charge on any atom is -0.317 e. The zero-order chi connectivity index (χ0) is 9.19. The lowest BCUT2D eigenvalue weighted by Crippen LogP contribution is -2.46. The molecule has 0 radical (unpaired) electrons. The molecule has 1 fully saturated rings. The van der Waals surface area contributed by atoms with Crippen LogP contribution in [0.5, 0.6) is 0 Å². The number of piperidine rings is 1. The van der Waals surface area contributed by atoms with Gasteiger partial charge in [-0.3, -0.25) is 0 Å². The molecule has 0 spiro atoms. The molecule has 0 saturated carbocycles. The van der Waals surface area contributed by atoms with Crippen LogP contribution in [0.4, 0.5) is 0 Å². The maximum atomic E-state index is 10.9. The topological polar surface area (TPSA) is 75.4 Å². The predicted octanol–water partition coefficient (Wildman–Crippen LogP) is -1.13. The molecule has 0 aromatic rings. The zero-order valence-corrected chi connectivity index (χ0v) is 7.97. The molecule has 1 aliphatic heterocycles. The van der Waals surface area contributed by atoms with E-state index < -0.39 is 10.2 Å². The van der Waals surface area contributed by atoms with Crippen molar-refractivity contribution in [3.63, 3.8) is 0 Å². The summed E-state index contributed by atoms with van der Waals surface area (Å²) in [6.07, 6.45) is 1.68. The Balaban J connectivity index is 2.57. The van der Waals surface area contributed by atoms with E-state index in [1.807, 2.05) is 0 Å². The van der Waals surface area contributed by atoms with E-state index in [9.17, 15) is 8.42 Å². The Kier molecular flexibility index (Phi) is 3.05. The van der Waals surface area contributed by atoms with Crippen LogP contribution in [-0.2, 0) is 10.2 Å². The standard InChI is InChI=1S/C6H15N3O2S/c1-9(12(7,10)11)6-2-4-8-5-3-6/h6,8H,2-5H2,1H3,(H2,7,10,11). The molecule has 1 saturated heterocycles. The molecule has 1 aliphatic rings. The van der Waals surface area contributed by atoms with E-state index in [1.165, 1.54) is 11.4 Å². The molecule has 1 rings (SSSR count). The van der Waals surface area contributed by atoms with Crippen LogP contribution >= 0.6 is 0 Å². The molecule has 6 heteroatoms. The van der Waals surface area contributed by atoms with Crippen LogP contribution in [-0.4, -0.2) is 38.9 Å². The molecule has 0 aromatic heterocycles. The maximum Gasteiger partial charge on any atom is 0.276 e. The van der Waals surface area contributed by atoms with Gasteiger partial charge in [-0.05, 0) is 25.9 Å². The van der Waals surface area contributed by atoms with E-state index in [0.29, 0.717) is 0 Å². The maximum absolute atomic E-state index is 10.9. The molecule has 0 aromatic carbocycles. The summed E-state index contributed by atoms with van der Waals surface area (Å²) in [5, 5.41) is 8.15. The van der Waals surface area contributed by atoms with Crippen LogP contribution in [0.15, 0.2) is 0 Å². The van der Waals surface area contributed by atoms with Gasteiger partial charge < -0.3 is 5.32 Å². The highest BCUT2D eigenvalue weighted by molar-refractivity contribution is 7.86. The number of hydrogen-bond acceptors (Lipinski definition) is 3. The van der Waals surface area contributed by atoms with Crippen LogP contribution < -0.4 is 10.5 Å². The van der Waals surface area contributed by atoms with E-state index in [1.54, 1.807) is 0 Å². The molecular formula is C6H15N3O2S. The third-order valence-corrected chi connectivity index (χ3v) is 3.33. The monoisotopic (exact) mass is 193 g/mol. The molecule has 0 atom stereocenters. The predicted molar refractivity (Wildman–Crippen MR) is 46.8 cm³/mol. The van der Waals surface area contributed by atoms with Gasteiger partial charge in [0.1, 0.15) is 0 Å². The second kappa shape index (κ2) is 3.69. The summed E-state index contributed by atoms with van der Waals surface area (Å²) in [6.45, 7) is 1.73. The van der Waals surface area contributed by atoms with Crippen molar-refractivity contribution >= 4 is 10.2 Å². The van der Waals surface area contributed by atoms with Crippen molar-refractivity contribution in [2.45, 2.75) is 18.9 Å². The summed E-state index contributed by atoms with van der Waals surface area (Å²) < 4.78 is 23.1. The lowest BCUT2D eigenvalue weighted by Gasteiger charge is -2.29. The van der Waals surface area contributed by atoms with Crippen molar-refractivity contribution in [2.75, 3.05) is 20.1 Å². The van der Waals surface area contributed by atoms with Crippen LogP contribution in [0.1, 0.15) is 12.8 Å². The second-order valence-electron chi connectivity index (χ2n) is 3.04. The fraction of sp³-hybridized carbons (Fsp3) is 1.00. The van der Waals surface area contributed by atoms with Gasteiger partial charge >= 0.3 is 0 Å². The Labute approximate surface area is 73.1 Å². The highest BCUT2D eigenvalue weighted by Crippen LogP contribution is 2.11. The summed E-state index contributed by atoms with van der Waals surface area (Å²) in [5.74, 6) is 0. The van der Waals surface area contributed by atoms with E-state index in [2.05, 4.69) is 5.32 Å². The van der Waals surface area contributed by atoms with Crippen molar-refractivity contribution in [1.29, 1.82) is 0 Å². The molecule has 5 nitrogen and oxygen atoms in total. The van der Waals surface area contributed by atoms with Gasteiger partial charge in [0, 0.05) is 13.1 Å². The molecule has 0 bridgehead atoms. The van der Waals surface area contributed by atoms with Crippen LogP contribution in [0.3, 0.4) is 0 Å². The molecule has 0 unspecified atom stereocenters. The Morgan fingerprint density at radius 3 is 2.33 bits per heavy atom. The molecule has 0 amide bonds. The first-order valence-electron chi connectivity index (χ1n) is 3.98. The van der Waals surface area contributed by atoms with Gasteiger partial charge in [0.15, 0.2) is 0 Å². The summed E-state index contributed by atoms with van der Waals surface area (Å²) >= 11 is 0. The molecule has 72 valence electrons. The molecule has 3 N–H and O–H groups in total. The summed E-state index contributed by atoms with van der Waals surface area (Å²) in [7, 11) is -1.96. The van der Waals surface area contributed by atoms with Gasteiger partial charge in [0.2, 0.25) is 0 Å². The largest absolute Gasteiger partial charge is 0.317 e. The van der Waals surface area contributed by atoms with E-state index in [-0.39, 0.29) is 6.04 Å². The van der Waals surface area contributed by atoms with E-state index in [4.69, 9.17) is 5.14 Å². The zero-order valence-electron chi connectivity index (χ0n) is 7.16. The molecule has 1 heterocycles. The number of hydrogen-bond donors (Lipinski definition) is 2. The van der Waals surface area contributed by atoms with Crippen molar-refractivity contribution in [2.24, 2.45) is 5.14 Å². The average molecular weight is 193 g/mol. The Hall–Kier alpha value is -0.170. The van der Waals surface area contributed by atoms with E-state index in [0.717, 1.165) is 25.9 Å². The lowest BCUT2D eigenvalue weighted by molar-refractivity contribution is 0.296. The van der Waals surface area contributed by atoms with Gasteiger partial charge in [-0.2, -0.15) is 12.7 Å². The number of nitrogens with zero attached hydrogens (tertiary/aromatic N) is 1. The van der Waals surface area contributed by atoms with Gasteiger partial charge in [0.05, 0.1) is 0 Å². The molecule has 12 heavy (non-hydrogen) atoms. The van der Waals surface area contributed by atoms with Gasteiger partial charge in [-0.1, -0.05) is 0 Å². The quantitative estimate of drug-likeness (QED) is 0.583. The Morgan fingerprint density at radius 2 is 1.92 bits per heavy atom. The summed E-state index contributed by atoms with van der Waals surface area (Å²) in [4.78, 5) is 0. The Morgan fingerprint density at radius 1 is 1.42 bits per heavy atom. The highest BCUT2D eigenvalue weighted by atomic mass is 32.2. The van der Waals surface area contributed by atoms with Crippen LogP contribution in [0.2, 0.25) is 0 Å². The molecule has 0 aliphatic carbocycles. The van der Waals surface area contributed by atoms with Crippen LogP contribution in [0.25, 0.3) is 0 Å². The third-order valence-electron chi connectivity index (χ3n) is 2.22. The van der Waals surface area contributed by atoms with Crippen molar-refractivity contribution in [3.8, 4) is 0 Å². The highest BCUT2D eigenvalue weighted by Gasteiger charge is 2.24. The van der Waals surface area contributed by atoms with Crippen LogP contribution in [0, 0.1) is 0 Å². The number of rotatable bonds is 2. The smallest absolute Gasteiger partial charge is 0.276 e.